The number of pyridine rings is 1. The fraction of sp³-hybridized carbons (Fsp3) is 0.182. The first-order chi connectivity index (χ1) is 12.3. The highest BCUT2D eigenvalue weighted by atomic mass is 35.5. The van der Waals surface area contributed by atoms with Crippen LogP contribution in [0.4, 0.5) is 0 Å². The van der Waals surface area contributed by atoms with Gasteiger partial charge in [0.05, 0.1) is 0 Å². The second-order valence-corrected chi connectivity index (χ2v) is 7.69. The van der Waals surface area contributed by atoms with E-state index in [9.17, 15) is 4.79 Å². The number of nitrogens with one attached hydrogen (secondary N) is 1. The second kappa shape index (κ2) is 7.30. The fourth-order valence-corrected chi connectivity index (χ4v) is 2.81. The van der Waals surface area contributed by atoms with Crippen molar-refractivity contribution in [1.29, 1.82) is 0 Å². The normalized spacial score (nSPS) is 11.2. The van der Waals surface area contributed by atoms with Crippen LogP contribution in [-0.4, -0.2) is 16.4 Å². The molecule has 4 heteroatoms. The molecule has 3 rings (SSSR count). The van der Waals surface area contributed by atoms with Gasteiger partial charge in [0.15, 0.2) is 0 Å². The number of carbonyl (C=O) groups is 1. The first-order valence-electron chi connectivity index (χ1n) is 8.46. The lowest BCUT2D eigenvalue weighted by Crippen LogP contribution is -2.40. The van der Waals surface area contributed by atoms with Crippen LogP contribution in [-0.2, 0) is 0 Å². The molecule has 0 aliphatic carbocycles. The molecule has 2 aromatic carbocycles. The van der Waals surface area contributed by atoms with Crippen LogP contribution in [0.5, 0.6) is 0 Å². The van der Waals surface area contributed by atoms with Crippen LogP contribution in [0.15, 0.2) is 67.0 Å². The molecule has 1 aromatic heterocycles. The van der Waals surface area contributed by atoms with Gasteiger partial charge >= 0.3 is 0 Å². The number of nitrogens with zero attached hydrogens (tertiary/aromatic N) is 1. The highest BCUT2D eigenvalue weighted by molar-refractivity contribution is 6.30. The van der Waals surface area contributed by atoms with E-state index in [0.29, 0.717) is 10.6 Å². The van der Waals surface area contributed by atoms with Crippen molar-refractivity contribution in [2.24, 2.45) is 0 Å². The largest absolute Gasteiger partial charge is 0.347 e. The maximum absolute atomic E-state index is 12.7. The minimum atomic E-state index is -0.304. The van der Waals surface area contributed by atoms with Crippen molar-refractivity contribution in [3.63, 3.8) is 0 Å². The molecule has 26 heavy (non-hydrogen) atoms. The standard InChI is InChI=1S/C22H21ClN2O/c1-22(2,3)25-21(26)19-12-17(15-6-8-20(23)9-7-15)11-18(13-19)16-5-4-10-24-14-16/h4-14H,1-3H3,(H,25,26). The van der Waals surface area contributed by atoms with Crippen molar-refractivity contribution in [1.82, 2.24) is 10.3 Å². The van der Waals surface area contributed by atoms with E-state index in [1.165, 1.54) is 0 Å². The van der Waals surface area contributed by atoms with Gasteiger partial charge in [-0.25, -0.2) is 0 Å². The van der Waals surface area contributed by atoms with Crippen molar-refractivity contribution in [3.8, 4) is 22.3 Å². The van der Waals surface area contributed by atoms with E-state index in [1.807, 2.05) is 69.3 Å². The molecule has 0 atom stereocenters. The average molecular weight is 365 g/mol. The number of halogens is 1. The maximum atomic E-state index is 12.7. The van der Waals surface area contributed by atoms with E-state index >= 15 is 0 Å². The van der Waals surface area contributed by atoms with Crippen molar-refractivity contribution in [3.05, 3.63) is 77.6 Å². The number of rotatable bonds is 3. The summed E-state index contributed by atoms with van der Waals surface area (Å²) in [5.41, 5.74) is 4.19. The van der Waals surface area contributed by atoms with Gasteiger partial charge in [-0.15, -0.1) is 0 Å². The topological polar surface area (TPSA) is 42.0 Å². The molecule has 0 saturated heterocycles. The van der Waals surface area contributed by atoms with Gasteiger partial charge in [0.25, 0.3) is 5.91 Å². The van der Waals surface area contributed by atoms with Crippen molar-refractivity contribution in [2.75, 3.05) is 0 Å². The predicted octanol–water partition coefficient (Wildman–Crippen LogP) is 5.60. The smallest absolute Gasteiger partial charge is 0.251 e. The second-order valence-electron chi connectivity index (χ2n) is 7.25. The van der Waals surface area contributed by atoms with Crippen LogP contribution in [0.1, 0.15) is 31.1 Å². The lowest BCUT2D eigenvalue weighted by Gasteiger charge is -2.21. The molecule has 1 amide bonds. The fourth-order valence-electron chi connectivity index (χ4n) is 2.68. The van der Waals surface area contributed by atoms with Crippen LogP contribution in [0, 0.1) is 0 Å². The van der Waals surface area contributed by atoms with Crippen LogP contribution in [0.2, 0.25) is 5.02 Å². The summed E-state index contributed by atoms with van der Waals surface area (Å²) in [6.07, 6.45) is 3.53. The summed E-state index contributed by atoms with van der Waals surface area (Å²) in [6, 6.07) is 17.4. The van der Waals surface area contributed by atoms with E-state index in [2.05, 4.69) is 16.4 Å². The van der Waals surface area contributed by atoms with Gasteiger partial charge in [0.1, 0.15) is 0 Å². The molecular weight excluding hydrogens is 344 g/mol. The Labute approximate surface area is 159 Å². The molecule has 0 fully saturated rings. The van der Waals surface area contributed by atoms with E-state index in [-0.39, 0.29) is 11.4 Å². The summed E-state index contributed by atoms with van der Waals surface area (Å²) >= 11 is 6.01. The van der Waals surface area contributed by atoms with E-state index in [0.717, 1.165) is 22.3 Å². The molecule has 0 aliphatic rings. The number of aromatic nitrogens is 1. The summed E-state index contributed by atoms with van der Waals surface area (Å²) < 4.78 is 0. The Morgan fingerprint density at radius 3 is 2.15 bits per heavy atom. The SMILES string of the molecule is CC(C)(C)NC(=O)c1cc(-c2ccc(Cl)cc2)cc(-c2cccnc2)c1. The van der Waals surface area contributed by atoms with Crippen LogP contribution in [0.3, 0.4) is 0 Å². The summed E-state index contributed by atoms with van der Waals surface area (Å²) in [4.78, 5) is 16.9. The van der Waals surface area contributed by atoms with Gasteiger partial charge in [-0.3, -0.25) is 9.78 Å². The molecule has 132 valence electrons. The highest BCUT2D eigenvalue weighted by Crippen LogP contribution is 2.29. The minimum Gasteiger partial charge on any atom is -0.347 e. The van der Waals surface area contributed by atoms with E-state index in [4.69, 9.17) is 11.6 Å². The van der Waals surface area contributed by atoms with Gasteiger partial charge < -0.3 is 5.32 Å². The van der Waals surface area contributed by atoms with Gasteiger partial charge in [0.2, 0.25) is 0 Å². The van der Waals surface area contributed by atoms with Crippen molar-refractivity contribution >= 4 is 17.5 Å². The molecule has 0 unspecified atom stereocenters. The summed E-state index contributed by atoms with van der Waals surface area (Å²) in [5.74, 6) is -0.0987. The lowest BCUT2D eigenvalue weighted by atomic mass is 9.96. The van der Waals surface area contributed by atoms with Crippen LogP contribution >= 0.6 is 11.6 Å². The zero-order chi connectivity index (χ0) is 18.7. The lowest BCUT2D eigenvalue weighted by molar-refractivity contribution is 0.0919. The summed E-state index contributed by atoms with van der Waals surface area (Å²) in [6.45, 7) is 5.90. The number of hydrogen-bond acceptors (Lipinski definition) is 2. The van der Waals surface area contributed by atoms with Crippen molar-refractivity contribution in [2.45, 2.75) is 26.3 Å². The molecule has 0 aliphatic heterocycles. The van der Waals surface area contributed by atoms with Gasteiger partial charge in [-0.1, -0.05) is 29.8 Å². The molecule has 3 nitrogen and oxygen atoms in total. The maximum Gasteiger partial charge on any atom is 0.251 e. The molecule has 1 heterocycles. The summed E-state index contributed by atoms with van der Waals surface area (Å²) in [5, 5.41) is 3.71. The highest BCUT2D eigenvalue weighted by Gasteiger charge is 2.17. The minimum absolute atomic E-state index is 0.0987. The Bertz CT molecular complexity index is 913. The van der Waals surface area contributed by atoms with E-state index < -0.39 is 0 Å². The zero-order valence-electron chi connectivity index (χ0n) is 15.1. The molecule has 0 saturated carbocycles. The molecule has 0 spiro atoms. The third kappa shape index (κ3) is 4.50. The third-order valence-electron chi connectivity index (χ3n) is 3.86. The predicted molar refractivity (Wildman–Crippen MR) is 107 cm³/mol. The monoisotopic (exact) mass is 364 g/mol. The summed E-state index contributed by atoms with van der Waals surface area (Å²) in [7, 11) is 0. The van der Waals surface area contributed by atoms with E-state index in [1.54, 1.807) is 12.4 Å². The Morgan fingerprint density at radius 2 is 1.58 bits per heavy atom. The van der Waals surface area contributed by atoms with Gasteiger partial charge in [-0.05, 0) is 73.9 Å². The molecule has 1 N–H and O–H groups in total. The quantitative estimate of drug-likeness (QED) is 0.657. The Balaban J connectivity index is 2.10. The first-order valence-corrected chi connectivity index (χ1v) is 8.83. The number of benzene rings is 2. The zero-order valence-corrected chi connectivity index (χ0v) is 15.8. The van der Waals surface area contributed by atoms with Crippen LogP contribution in [0.25, 0.3) is 22.3 Å². The molecular formula is C22H21ClN2O. The first kappa shape index (κ1) is 18.2. The number of carbonyl (C=O) groups excluding carboxylic acids is 1. The van der Waals surface area contributed by atoms with Crippen molar-refractivity contribution < 1.29 is 4.79 Å². The number of hydrogen-bond donors (Lipinski definition) is 1. The Morgan fingerprint density at radius 1 is 0.923 bits per heavy atom. The molecule has 3 aromatic rings. The van der Waals surface area contributed by atoms with Gasteiger partial charge in [-0.2, -0.15) is 0 Å². The Hall–Kier alpha value is -2.65. The molecule has 0 radical (unpaired) electrons. The van der Waals surface area contributed by atoms with Gasteiger partial charge in [0, 0.05) is 34.1 Å². The third-order valence-corrected chi connectivity index (χ3v) is 4.11. The average Bonchev–Trinajstić information content (AvgIpc) is 2.61. The Kier molecular flexibility index (Phi) is 5.10. The van der Waals surface area contributed by atoms with Crippen LogP contribution < -0.4 is 5.32 Å². The number of amides is 1. The molecule has 0 bridgehead atoms.